The van der Waals surface area contributed by atoms with Crippen LogP contribution < -0.4 is 10.2 Å². The van der Waals surface area contributed by atoms with Gasteiger partial charge in [0.2, 0.25) is 5.91 Å². The van der Waals surface area contributed by atoms with E-state index in [2.05, 4.69) is 15.3 Å². The summed E-state index contributed by atoms with van der Waals surface area (Å²) < 4.78 is 0. The van der Waals surface area contributed by atoms with Gasteiger partial charge >= 0.3 is 0 Å². The van der Waals surface area contributed by atoms with Crippen molar-refractivity contribution in [2.24, 2.45) is 0 Å². The third-order valence-corrected chi connectivity index (χ3v) is 6.05. The number of carbonyl (C=O) groups excluding carboxylic acids is 2. The van der Waals surface area contributed by atoms with Gasteiger partial charge in [0.05, 0.1) is 5.69 Å². The van der Waals surface area contributed by atoms with E-state index in [9.17, 15) is 9.59 Å². The van der Waals surface area contributed by atoms with E-state index in [1.165, 1.54) is 22.7 Å². The molecule has 2 aromatic heterocycles. The van der Waals surface area contributed by atoms with Crippen LogP contribution in [-0.4, -0.2) is 27.8 Å². The van der Waals surface area contributed by atoms with E-state index in [1.807, 2.05) is 6.92 Å². The van der Waals surface area contributed by atoms with Crippen LogP contribution in [0.2, 0.25) is 0 Å². The van der Waals surface area contributed by atoms with Crippen molar-refractivity contribution in [1.82, 2.24) is 9.97 Å². The van der Waals surface area contributed by atoms with E-state index >= 15 is 0 Å². The van der Waals surface area contributed by atoms with Gasteiger partial charge in [-0.3, -0.25) is 19.8 Å². The minimum Gasteiger partial charge on any atom is -0.297 e. The lowest BCUT2D eigenvalue weighted by molar-refractivity contribution is -0.117. The van der Waals surface area contributed by atoms with E-state index in [1.54, 1.807) is 24.9 Å². The molecule has 24 heavy (non-hydrogen) atoms. The molecule has 1 N–H and O–H groups in total. The third kappa shape index (κ3) is 3.49. The van der Waals surface area contributed by atoms with Crippen LogP contribution in [-0.2, 0) is 4.79 Å². The molecule has 1 saturated carbocycles. The fraction of sp³-hybridized carbons (Fsp3) is 0.500. The van der Waals surface area contributed by atoms with Crippen LogP contribution >= 0.6 is 22.7 Å². The van der Waals surface area contributed by atoms with Gasteiger partial charge in [0, 0.05) is 24.0 Å². The number of aromatic nitrogens is 2. The fourth-order valence-electron chi connectivity index (χ4n) is 2.97. The summed E-state index contributed by atoms with van der Waals surface area (Å²) in [5, 5.41) is 4.00. The van der Waals surface area contributed by atoms with E-state index in [4.69, 9.17) is 0 Å². The normalized spacial score (nSPS) is 14.8. The van der Waals surface area contributed by atoms with Gasteiger partial charge in [0.25, 0.3) is 5.91 Å². The van der Waals surface area contributed by atoms with Gasteiger partial charge in [0.15, 0.2) is 10.3 Å². The van der Waals surface area contributed by atoms with Crippen LogP contribution in [0.4, 0.5) is 10.3 Å². The molecule has 0 atom stereocenters. The Morgan fingerprint density at radius 1 is 1.25 bits per heavy atom. The molecular formula is C16H20N4O2S2. The van der Waals surface area contributed by atoms with E-state index in [-0.39, 0.29) is 17.9 Å². The van der Waals surface area contributed by atoms with Gasteiger partial charge < -0.3 is 0 Å². The lowest BCUT2D eigenvalue weighted by Crippen LogP contribution is -2.37. The second-order valence-electron chi connectivity index (χ2n) is 5.97. The third-order valence-electron chi connectivity index (χ3n) is 4.07. The maximum Gasteiger partial charge on any atom is 0.269 e. The van der Waals surface area contributed by atoms with Crippen LogP contribution in [0.25, 0.3) is 0 Å². The first-order valence-corrected chi connectivity index (χ1v) is 9.60. The average molecular weight is 364 g/mol. The number of rotatable bonds is 4. The van der Waals surface area contributed by atoms with Crippen LogP contribution in [0.3, 0.4) is 0 Å². The maximum atomic E-state index is 12.5. The Morgan fingerprint density at radius 2 is 1.96 bits per heavy atom. The molecule has 6 nitrogen and oxygen atoms in total. The Balaban J connectivity index is 1.83. The summed E-state index contributed by atoms with van der Waals surface area (Å²) in [5.74, 6) is -0.237. The smallest absolute Gasteiger partial charge is 0.269 e. The van der Waals surface area contributed by atoms with Crippen molar-refractivity contribution in [3.05, 3.63) is 21.6 Å². The number of nitrogens with one attached hydrogen (secondary N) is 1. The molecule has 128 valence electrons. The maximum absolute atomic E-state index is 12.5. The molecule has 3 rings (SSSR count). The van der Waals surface area contributed by atoms with Gasteiger partial charge in [-0.15, -0.1) is 11.3 Å². The highest BCUT2D eigenvalue weighted by Crippen LogP contribution is 2.33. The summed E-state index contributed by atoms with van der Waals surface area (Å²) in [6.45, 7) is 5.30. The topological polar surface area (TPSA) is 75.2 Å². The summed E-state index contributed by atoms with van der Waals surface area (Å²) in [6.07, 6.45) is 5.99. The Bertz CT molecular complexity index is 762. The molecule has 0 radical (unpaired) electrons. The zero-order valence-electron chi connectivity index (χ0n) is 14.0. The summed E-state index contributed by atoms with van der Waals surface area (Å²) in [7, 11) is 0. The number of anilines is 2. The van der Waals surface area contributed by atoms with Crippen molar-refractivity contribution >= 4 is 44.8 Å². The largest absolute Gasteiger partial charge is 0.297 e. The lowest BCUT2D eigenvalue weighted by atomic mass is 10.2. The van der Waals surface area contributed by atoms with Crippen LogP contribution in [0.15, 0.2) is 6.20 Å². The Hall–Kier alpha value is -1.80. The van der Waals surface area contributed by atoms with Crippen molar-refractivity contribution < 1.29 is 9.59 Å². The fourth-order valence-corrected chi connectivity index (χ4v) is 4.71. The van der Waals surface area contributed by atoms with Crippen LogP contribution in [0.5, 0.6) is 0 Å². The molecule has 0 unspecified atom stereocenters. The molecule has 2 amide bonds. The first-order chi connectivity index (χ1) is 11.5. The van der Waals surface area contributed by atoms with Crippen LogP contribution in [0.1, 0.15) is 52.8 Å². The molecule has 0 bridgehead atoms. The number of nitrogens with zero attached hydrogens (tertiary/aromatic N) is 3. The van der Waals surface area contributed by atoms with Crippen molar-refractivity contribution in [3.8, 4) is 0 Å². The highest BCUT2D eigenvalue weighted by Gasteiger charge is 2.29. The number of thiazole rings is 2. The van der Waals surface area contributed by atoms with Crippen molar-refractivity contribution in [1.29, 1.82) is 0 Å². The minimum atomic E-state index is -0.222. The lowest BCUT2D eigenvalue weighted by Gasteiger charge is -2.24. The number of aryl methyl sites for hydroxylation is 2. The minimum absolute atomic E-state index is 0.0156. The zero-order chi connectivity index (χ0) is 17.3. The molecule has 0 spiro atoms. The molecule has 2 heterocycles. The predicted octanol–water partition coefficient (Wildman–Crippen LogP) is 3.76. The molecule has 1 aliphatic carbocycles. The second kappa shape index (κ2) is 6.98. The van der Waals surface area contributed by atoms with Gasteiger partial charge in [-0.05, 0) is 26.7 Å². The standard InChI is InChI=1S/C16H20N4O2S2/c1-9-8-17-15(23-9)19-14(22)13-10(2)18-16(24-13)20(11(3)21)12-6-4-5-7-12/h8,12H,4-7H2,1-3H3,(H,17,19,22). The Labute approximate surface area is 148 Å². The van der Waals surface area contributed by atoms with Gasteiger partial charge in [-0.2, -0.15) is 0 Å². The molecule has 0 saturated heterocycles. The number of hydrogen-bond donors (Lipinski definition) is 1. The second-order valence-corrected chi connectivity index (χ2v) is 8.18. The monoisotopic (exact) mass is 364 g/mol. The SMILES string of the molecule is CC(=O)N(c1nc(C)c(C(=O)Nc2ncc(C)s2)s1)C1CCCC1. The molecule has 0 aromatic carbocycles. The van der Waals surface area contributed by atoms with Crippen molar-refractivity contribution in [2.75, 3.05) is 10.2 Å². The van der Waals surface area contributed by atoms with Gasteiger partial charge in [-0.1, -0.05) is 24.2 Å². The highest BCUT2D eigenvalue weighted by molar-refractivity contribution is 7.18. The van der Waals surface area contributed by atoms with Gasteiger partial charge in [0.1, 0.15) is 4.88 Å². The van der Waals surface area contributed by atoms with E-state index in [0.717, 1.165) is 30.6 Å². The first kappa shape index (κ1) is 17.0. The molecule has 1 aliphatic rings. The van der Waals surface area contributed by atoms with Gasteiger partial charge in [-0.25, -0.2) is 9.97 Å². The quantitative estimate of drug-likeness (QED) is 0.896. The summed E-state index contributed by atoms with van der Waals surface area (Å²) in [6, 6.07) is 0.200. The zero-order valence-corrected chi connectivity index (χ0v) is 15.6. The summed E-state index contributed by atoms with van der Waals surface area (Å²) in [4.78, 5) is 36.6. The summed E-state index contributed by atoms with van der Waals surface area (Å²) >= 11 is 2.71. The predicted molar refractivity (Wildman–Crippen MR) is 97.1 cm³/mol. The molecule has 8 heteroatoms. The van der Waals surface area contributed by atoms with Crippen LogP contribution in [0, 0.1) is 13.8 Å². The number of carbonyl (C=O) groups is 2. The number of hydrogen-bond acceptors (Lipinski definition) is 6. The molecule has 1 fully saturated rings. The first-order valence-electron chi connectivity index (χ1n) is 7.96. The van der Waals surface area contributed by atoms with Crippen molar-refractivity contribution in [2.45, 2.75) is 52.5 Å². The Kier molecular flexibility index (Phi) is 4.96. The van der Waals surface area contributed by atoms with E-state index in [0.29, 0.717) is 20.8 Å². The molecule has 0 aliphatic heterocycles. The average Bonchev–Trinajstić information content (AvgIpc) is 3.22. The Morgan fingerprint density at radius 3 is 2.54 bits per heavy atom. The summed E-state index contributed by atoms with van der Waals surface area (Å²) in [5.41, 5.74) is 0.644. The molecular weight excluding hydrogens is 344 g/mol. The van der Waals surface area contributed by atoms with Crippen molar-refractivity contribution in [3.63, 3.8) is 0 Å². The molecule has 2 aromatic rings. The van der Waals surface area contributed by atoms with E-state index < -0.39 is 0 Å². The highest BCUT2D eigenvalue weighted by atomic mass is 32.1. The number of amides is 2.